The van der Waals surface area contributed by atoms with Gasteiger partial charge in [-0.25, -0.2) is 4.79 Å². The fourth-order valence-electron chi connectivity index (χ4n) is 2.43. The van der Waals surface area contributed by atoms with Crippen molar-refractivity contribution in [1.82, 2.24) is 21.3 Å². The molecule has 0 aliphatic carbocycles. The molecule has 0 saturated carbocycles. The van der Waals surface area contributed by atoms with E-state index in [0.29, 0.717) is 0 Å². The Hall–Kier alpha value is -3.50. The van der Waals surface area contributed by atoms with E-state index in [1.807, 2.05) is 5.32 Å². The molecule has 0 aromatic heterocycles. The van der Waals surface area contributed by atoms with Crippen LogP contribution in [-0.2, 0) is 24.0 Å². The molecule has 16 nitrogen and oxygen atoms in total. The number of carboxylic acid groups (broad SMARTS) is 1. The van der Waals surface area contributed by atoms with Crippen molar-refractivity contribution in [3.8, 4) is 0 Å². The first-order valence-corrected chi connectivity index (χ1v) is 9.90. The standard InChI is InChI=1S/C17H32N8O8/c18-8(3-4-12(19)28)13(29)23-9(2-1-5-22-17(20)21)14(30)24-10(6-26)15(31)25-11(7-27)16(32)33/h8-11,26-27H,1-7,18H2,(H2,19,28)(H,23,29)(H,24,30)(H,25,31)(H,32,33)(H4,20,21,22)/t8-,9-,10-,11-/m0/s1. The molecule has 0 aromatic rings. The number of aliphatic hydroxyl groups excluding tert-OH is 2. The lowest BCUT2D eigenvalue weighted by Gasteiger charge is -2.24. The minimum absolute atomic E-state index is 0.00848. The van der Waals surface area contributed by atoms with Gasteiger partial charge in [-0.15, -0.1) is 0 Å². The van der Waals surface area contributed by atoms with Gasteiger partial charge in [0, 0.05) is 13.0 Å². The van der Waals surface area contributed by atoms with Crippen LogP contribution in [0.2, 0.25) is 0 Å². The van der Waals surface area contributed by atoms with E-state index in [-0.39, 0.29) is 38.2 Å². The normalized spacial score (nSPS) is 14.2. The van der Waals surface area contributed by atoms with Crippen LogP contribution in [-0.4, -0.2) is 94.8 Å². The van der Waals surface area contributed by atoms with Crippen molar-refractivity contribution in [2.75, 3.05) is 19.8 Å². The van der Waals surface area contributed by atoms with Crippen LogP contribution < -0.4 is 38.5 Å². The van der Waals surface area contributed by atoms with Crippen LogP contribution in [0.15, 0.2) is 0 Å². The van der Waals surface area contributed by atoms with Crippen molar-refractivity contribution in [1.29, 1.82) is 5.41 Å². The molecular weight excluding hydrogens is 444 g/mol. The van der Waals surface area contributed by atoms with Crippen molar-refractivity contribution in [2.24, 2.45) is 17.2 Å². The fourth-order valence-corrected chi connectivity index (χ4v) is 2.43. The van der Waals surface area contributed by atoms with Gasteiger partial charge in [-0.3, -0.25) is 24.6 Å². The van der Waals surface area contributed by atoms with Crippen molar-refractivity contribution in [3.05, 3.63) is 0 Å². The van der Waals surface area contributed by atoms with Gasteiger partial charge in [0.2, 0.25) is 23.6 Å². The number of primary amides is 1. The summed E-state index contributed by atoms with van der Waals surface area (Å²) < 4.78 is 0. The maximum Gasteiger partial charge on any atom is 0.328 e. The fraction of sp³-hybridized carbons (Fsp3) is 0.647. The van der Waals surface area contributed by atoms with Gasteiger partial charge in [-0.05, 0) is 19.3 Å². The highest BCUT2D eigenvalue weighted by atomic mass is 16.4. The highest BCUT2D eigenvalue weighted by molar-refractivity contribution is 5.94. The Morgan fingerprint density at radius 3 is 1.82 bits per heavy atom. The molecule has 0 rings (SSSR count). The zero-order chi connectivity index (χ0) is 25.6. The van der Waals surface area contributed by atoms with Gasteiger partial charge < -0.3 is 53.8 Å². The van der Waals surface area contributed by atoms with E-state index in [9.17, 15) is 29.1 Å². The Balaban J connectivity index is 5.24. The number of aliphatic carboxylic acids is 1. The van der Waals surface area contributed by atoms with Crippen LogP contribution in [0.3, 0.4) is 0 Å². The average molecular weight is 476 g/mol. The number of carbonyl (C=O) groups is 5. The van der Waals surface area contributed by atoms with E-state index in [0.717, 1.165) is 0 Å². The van der Waals surface area contributed by atoms with Crippen molar-refractivity contribution in [2.45, 2.75) is 49.9 Å². The molecule has 0 aliphatic rings. The second-order valence-electron chi connectivity index (χ2n) is 6.98. The molecule has 0 spiro atoms. The number of carbonyl (C=O) groups excluding carboxylic acids is 4. The van der Waals surface area contributed by atoms with Crippen LogP contribution in [0.25, 0.3) is 0 Å². The van der Waals surface area contributed by atoms with Gasteiger partial charge in [-0.1, -0.05) is 0 Å². The molecule has 0 aliphatic heterocycles. The minimum atomic E-state index is -1.65. The Morgan fingerprint density at radius 1 is 0.818 bits per heavy atom. The number of rotatable bonds is 16. The summed E-state index contributed by atoms with van der Waals surface area (Å²) in [4.78, 5) is 58.9. The van der Waals surface area contributed by atoms with Gasteiger partial charge in [-0.2, -0.15) is 0 Å². The molecular formula is C17H32N8O8. The van der Waals surface area contributed by atoms with Crippen molar-refractivity contribution in [3.63, 3.8) is 0 Å². The van der Waals surface area contributed by atoms with Gasteiger partial charge >= 0.3 is 5.97 Å². The molecule has 4 amide bonds. The van der Waals surface area contributed by atoms with E-state index < -0.39 is 67.0 Å². The first-order chi connectivity index (χ1) is 15.4. The van der Waals surface area contributed by atoms with Gasteiger partial charge in [0.05, 0.1) is 19.3 Å². The predicted octanol–water partition coefficient (Wildman–Crippen LogP) is -5.63. The van der Waals surface area contributed by atoms with Crippen LogP contribution >= 0.6 is 0 Å². The molecule has 0 unspecified atom stereocenters. The number of carboxylic acids is 1. The zero-order valence-corrected chi connectivity index (χ0v) is 17.9. The molecule has 14 N–H and O–H groups in total. The number of guanidine groups is 1. The number of nitrogens with two attached hydrogens (primary N) is 3. The monoisotopic (exact) mass is 476 g/mol. The SMILES string of the molecule is N=C(N)NCCC[C@H](NC(=O)[C@@H](N)CCC(N)=O)C(=O)N[C@@H](CO)C(=O)N[C@@H](CO)C(=O)O. The van der Waals surface area contributed by atoms with E-state index in [1.54, 1.807) is 0 Å². The average Bonchev–Trinajstić information content (AvgIpc) is 2.74. The van der Waals surface area contributed by atoms with Gasteiger partial charge in [0.1, 0.15) is 18.1 Å². The summed E-state index contributed by atoms with van der Waals surface area (Å²) in [5, 5.41) is 43.5. The Labute approximate surface area is 189 Å². The summed E-state index contributed by atoms with van der Waals surface area (Å²) in [7, 11) is 0. The molecule has 16 heteroatoms. The quantitative estimate of drug-likeness (QED) is 0.0566. The largest absolute Gasteiger partial charge is 0.480 e. The summed E-state index contributed by atoms with van der Waals surface area (Å²) in [6, 6.07) is -5.62. The third-order valence-electron chi connectivity index (χ3n) is 4.27. The van der Waals surface area contributed by atoms with E-state index in [1.165, 1.54) is 0 Å². The summed E-state index contributed by atoms with van der Waals surface area (Å²) in [5.41, 5.74) is 15.9. The number of nitrogens with one attached hydrogen (secondary N) is 5. The number of amides is 4. The molecule has 0 bridgehead atoms. The Bertz CT molecular complexity index is 719. The van der Waals surface area contributed by atoms with E-state index in [2.05, 4.69) is 16.0 Å². The third kappa shape index (κ3) is 12.2. The van der Waals surface area contributed by atoms with Gasteiger partial charge in [0.25, 0.3) is 0 Å². The summed E-state index contributed by atoms with van der Waals surface area (Å²) in [5.74, 6) is -5.23. The highest BCUT2D eigenvalue weighted by Gasteiger charge is 2.29. The molecule has 0 aromatic carbocycles. The number of aliphatic hydroxyl groups is 2. The van der Waals surface area contributed by atoms with Crippen molar-refractivity contribution < 1.29 is 39.3 Å². The predicted molar refractivity (Wildman–Crippen MR) is 113 cm³/mol. The van der Waals surface area contributed by atoms with E-state index >= 15 is 0 Å². The topological polar surface area (TPSA) is 296 Å². The lowest BCUT2D eigenvalue weighted by atomic mass is 10.1. The smallest absolute Gasteiger partial charge is 0.328 e. The lowest BCUT2D eigenvalue weighted by molar-refractivity contribution is -0.143. The van der Waals surface area contributed by atoms with Gasteiger partial charge in [0.15, 0.2) is 5.96 Å². The second kappa shape index (κ2) is 15.3. The Kier molecular flexibility index (Phi) is 13.7. The lowest BCUT2D eigenvalue weighted by Crippen LogP contribution is -2.58. The second-order valence-corrected chi connectivity index (χ2v) is 6.98. The highest BCUT2D eigenvalue weighted by Crippen LogP contribution is 2.02. The van der Waals surface area contributed by atoms with E-state index in [4.69, 9.17) is 32.8 Å². The maximum absolute atomic E-state index is 12.7. The molecule has 0 heterocycles. The van der Waals surface area contributed by atoms with Crippen LogP contribution in [0.4, 0.5) is 0 Å². The third-order valence-corrected chi connectivity index (χ3v) is 4.27. The van der Waals surface area contributed by atoms with Crippen LogP contribution in [0.1, 0.15) is 25.7 Å². The summed E-state index contributed by atoms with van der Waals surface area (Å²) in [6.45, 7) is -1.64. The summed E-state index contributed by atoms with van der Waals surface area (Å²) in [6.07, 6.45) is 0.0295. The number of hydrogen-bond donors (Lipinski definition) is 11. The molecule has 0 fully saturated rings. The first kappa shape index (κ1) is 29.5. The zero-order valence-electron chi connectivity index (χ0n) is 17.9. The molecule has 0 radical (unpaired) electrons. The molecule has 0 saturated heterocycles. The van der Waals surface area contributed by atoms with Crippen LogP contribution in [0.5, 0.6) is 0 Å². The molecule has 33 heavy (non-hydrogen) atoms. The summed E-state index contributed by atoms with van der Waals surface area (Å²) >= 11 is 0. The maximum atomic E-state index is 12.7. The molecule has 188 valence electrons. The van der Waals surface area contributed by atoms with Crippen molar-refractivity contribution >= 4 is 35.6 Å². The minimum Gasteiger partial charge on any atom is -0.480 e. The first-order valence-electron chi connectivity index (χ1n) is 9.90. The number of hydrogen-bond acceptors (Lipinski definition) is 9. The van der Waals surface area contributed by atoms with Crippen LogP contribution in [0, 0.1) is 5.41 Å². The molecule has 4 atom stereocenters. The Morgan fingerprint density at radius 2 is 1.33 bits per heavy atom.